The molecule has 3 nitrogen and oxygen atoms in total. The first kappa shape index (κ1) is 8.73. The van der Waals surface area contributed by atoms with Gasteiger partial charge in [-0.3, -0.25) is 0 Å². The van der Waals surface area contributed by atoms with Crippen LogP contribution in [0.3, 0.4) is 0 Å². The van der Waals surface area contributed by atoms with E-state index < -0.39 is 5.97 Å². The van der Waals surface area contributed by atoms with Gasteiger partial charge in [0.05, 0.1) is 0 Å². The SMILES string of the molecule is C=CC(=O)OCC#CCO. The zero-order valence-electron chi connectivity index (χ0n) is 5.46. The van der Waals surface area contributed by atoms with Crippen LogP contribution in [0.2, 0.25) is 0 Å². The van der Waals surface area contributed by atoms with Gasteiger partial charge >= 0.3 is 5.97 Å². The maximum atomic E-state index is 10.3. The van der Waals surface area contributed by atoms with Crippen LogP contribution < -0.4 is 0 Å². The first-order valence-corrected chi connectivity index (χ1v) is 2.67. The largest absolute Gasteiger partial charge is 0.449 e. The van der Waals surface area contributed by atoms with E-state index in [0.29, 0.717) is 0 Å². The van der Waals surface area contributed by atoms with E-state index in [1.165, 1.54) is 0 Å². The molecule has 0 rings (SSSR count). The topological polar surface area (TPSA) is 46.5 Å². The highest BCUT2D eigenvalue weighted by Crippen LogP contribution is 1.75. The van der Waals surface area contributed by atoms with Crippen LogP contribution in [0.5, 0.6) is 0 Å². The van der Waals surface area contributed by atoms with Crippen LogP contribution in [0, 0.1) is 11.8 Å². The predicted octanol–water partition coefficient (Wildman–Crippen LogP) is -0.289. The fourth-order valence-electron chi connectivity index (χ4n) is 0.273. The minimum Gasteiger partial charge on any atom is -0.449 e. The summed E-state index contributed by atoms with van der Waals surface area (Å²) in [4.78, 5) is 10.3. The molecule has 0 bridgehead atoms. The van der Waals surface area contributed by atoms with Gasteiger partial charge in [-0.1, -0.05) is 18.4 Å². The molecule has 3 heteroatoms. The highest BCUT2D eigenvalue weighted by Gasteiger charge is 1.88. The molecule has 0 amide bonds. The van der Waals surface area contributed by atoms with E-state index in [-0.39, 0.29) is 13.2 Å². The molecule has 0 fully saturated rings. The molecular weight excluding hydrogens is 132 g/mol. The third-order valence-electron chi connectivity index (χ3n) is 0.657. The van der Waals surface area contributed by atoms with Crippen molar-refractivity contribution in [1.82, 2.24) is 0 Å². The van der Waals surface area contributed by atoms with Crippen molar-refractivity contribution in [2.75, 3.05) is 13.2 Å². The third-order valence-corrected chi connectivity index (χ3v) is 0.657. The number of esters is 1. The molecule has 0 heterocycles. The maximum Gasteiger partial charge on any atom is 0.331 e. The highest BCUT2D eigenvalue weighted by atomic mass is 16.5. The van der Waals surface area contributed by atoms with Crippen molar-refractivity contribution in [2.45, 2.75) is 0 Å². The first-order valence-electron chi connectivity index (χ1n) is 2.67. The lowest BCUT2D eigenvalue weighted by Crippen LogP contribution is -1.99. The maximum absolute atomic E-state index is 10.3. The molecule has 0 aromatic carbocycles. The standard InChI is InChI=1S/C7H8O3/c1-2-7(9)10-6-4-3-5-8/h2,8H,1,5-6H2. The summed E-state index contributed by atoms with van der Waals surface area (Å²) < 4.78 is 4.45. The minimum absolute atomic E-state index is 0.00537. The van der Waals surface area contributed by atoms with Crippen molar-refractivity contribution in [2.24, 2.45) is 0 Å². The molecule has 0 aromatic rings. The normalized spacial score (nSPS) is 7.30. The number of aliphatic hydroxyl groups is 1. The molecule has 0 saturated heterocycles. The van der Waals surface area contributed by atoms with Gasteiger partial charge in [0.2, 0.25) is 0 Å². The molecule has 0 radical (unpaired) electrons. The van der Waals surface area contributed by atoms with Crippen molar-refractivity contribution in [3.63, 3.8) is 0 Å². The molecule has 0 atom stereocenters. The molecular formula is C7H8O3. The van der Waals surface area contributed by atoms with Crippen molar-refractivity contribution in [3.05, 3.63) is 12.7 Å². The van der Waals surface area contributed by atoms with Crippen LogP contribution in [0.1, 0.15) is 0 Å². The Kier molecular flexibility index (Phi) is 5.12. The first-order chi connectivity index (χ1) is 4.81. The third kappa shape index (κ3) is 4.88. The van der Waals surface area contributed by atoms with Gasteiger partial charge < -0.3 is 9.84 Å². The molecule has 1 N–H and O–H groups in total. The average molecular weight is 140 g/mol. The monoisotopic (exact) mass is 140 g/mol. The quantitative estimate of drug-likeness (QED) is 0.326. The van der Waals surface area contributed by atoms with E-state index in [0.717, 1.165) is 6.08 Å². The van der Waals surface area contributed by atoms with E-state index >= 15 is 0 Å². The van der Waals surface area contributed by atoms with Crippen LogP contribution >= 0.6 is 0 Å². The van der Waals surface area contributed by atoms with Gasteiger partial charge in [-0.15, -0.1) is 0 Å². The van der Waals surface area contributed by atoms with Gasteiger partial charge in [-0.2, -0.15) is 0 Å². The molecule has 54 valence electrons. The summed E-state index contributed by atoms with van der Waals surface area (Å²) in [5.74, 6) is 4.22. The number of carbonyl (C=O) groups excluding carboxylic acids is 1. The van der Waals surface area contributed by atoms with E-state index in [2.05, 4.69) is 23.2 Å². The second-order valence-electron chi connectivity index (χ2n) is 1.32. The van der Waals surface area contributed by atoms with Crippen LogP contribution in [0.4, 0.5) is 0 Å². The Morgan fingerprint density at radius 2 is 2.40 bits per heavy atom. The highest BCUT2D eigenvalue weighted by molar-refractivity contribution is 5.81. The lowest BCUT2D eigenvalue weighted by atomic mass is 10.6. The van der Waals surface area contributed by atoms with Gasteiger partial charge in [-0.05, 0) is 0 Å². The fourth-order valence-corrected chi connectivity index (χ4v) is 0.273. The molecule has 0 aliphatic rings. The van der Waals surface area contributed by atoms with E-state index in [4.69, 9.17) is 5.11 Å². The van der Waals surface area contributed by atoms with Gasteiger partial charge in [-0.25, -0.2) is 4.79 Å². The Morgan fingerprint density at radius 1 is 1.70 bits per heavy atom. The molecule has 0 unspecified atom stereocenters. The Morgan fingerprint density at radius 3 is 2.90 bits per heavy atom. The summed E-state index contributed by atoms with van der Waals surface area (Å²) >= 11 is 0. The number of hydrogen-bond donors (Lipinski definition) is 1. The van der Waals surface area contributed by atoms with E-state index in [1.54, 1.807) is 0 Å². The molecule has 10 heavy (non-hydrogen) atoms. The zero-order valence-corrected chi connectivity index (χ0v) is 5.46. The molecule has 0 spiro atoms. The second-order valence-corrected chi connectivity index (χ2v) is 1.32. The molecule has 0 aliphatic heterocycles. The number of rotatable bonds is 2. The Balaban J connectivity index is 3.36. The van der Waals surface area contributed by atoms with Gasteiger partial charge in [0.15, 0.2) is 6.61 Å². The predicted molar refractivity (Wildman–Crippen MR) is 36.0 cm³/mol. The fraction of sp³-hybridized carbons (Fsp3) is 0.286. The van der Waals surface area contributed by atoms with E-state index in [1.807, 2.05) is 0 Å². The Hall–Kier alpha value is -1.27. The van der Waals surface area contributed by atoms with Crippen LogP contribution in [-0.4, -0.2) is 24.3 Å². The summed E-state index contributed by atoms with van der Waals surface area (Å²) in [5.41, 5.74) is 0. The van der Waals surface area contributed by atoms with Gasteiger partial charge in [0.1, 0.15) is 6.61 Å². The average Bonchev–Trinajstić information content (AvgIpc) is 1.98. The Bertz CT molecular complexity index is 173. The van der Waals surface area contributed by atoms with Crippen LogP contribution in [-0.2, 0) is 9.53 Å². The molecule has 0 aromatic heterocycles. The van der Waals surface area contributed by atoms with E-state index in [9.17, 15) is 4.79 Å². The van der Waals surface area contributed by atoms with Crippen LogP contribution in [0.15, 0.2) is 12.7 Å². The summed E-state index contributed by atoms with van der Waals surface area (Å²) in [5, 5.41) is 8.15. The number of carbonyl (C=O) groups is 1. The molecule has 0 saturated carbocycles. The smallest absolute Gasteiger partial charge is 0.331 e. The van der Waals surface area contributed by atoms with Crippen molar-refractivity contribution >= 4 is 5.97 Å². The molecule has 0 aliphatic carbocycles. The summed E-state index contributed by atoms with van der Waals surface area (Å²) in [6.07, 6.45) is 1.06. The van der Waals surface area contributed by atoms with Crippen molar-refractivity contribution in [3.8, 4) is 11.8 Å². The summed E-state index contributed by atoms with van der Waals surface area (Å²) in [6, 6.07) is 0. The number of aliphatic hydroxyl groups excluding tert-OH is 1. The minimum atomic E-state index is -0.507. The number of hydrogen-bond acceptors (Lipinski definition) is 3. The summed E-state index contributed by atoms with van der Waals surface area (Å²) in [7, 11) is 0. The zero-order chi connectivity index (χ0) is 7.82. The lowest BCUT2D eigenvalue weighted by Gasteiger charge is -1.91. The van der Waals surface area contributed by atoms with Gasteiger partial charge in [0, 0.05) is 6.08 Å². The second kappa shape index (κ2) is 5.86. The Labute approximate surface area is 59.3 Å². The number of ether oxygens (including phenoxy) is 1. The van der Waals surface area contributed by atoms with Gasteiger partial charge in [0.25, 0.3) is 0 Å². The van der Waals surface area contributed by atoms with Crippen molar-refractivity contribution in [1.29, 1.82) is 0 Å². The summed E-state index contributed by atoms with van der Waals surface area (Å²) in [6.45, 7) is 2.98. The van der Waals surface area contributed by atoms with Crippen LogP contribution in [0.25, 0.3) is 0 Å². The lowest BCUT2D eigenvalue weighted by molar-refractivity contribution is -0.136. The van der Waals surface area contributed by atoms with Crippen molar-refractivity contribution < 1.29 is 14.6 Å².